The maximum Gasteiger partial charge on any atom is 0.132 e. The van der Waals surface area contributed by atoms with Crippen LogP contribution in [-0.4, -0.2) is 9.78 Å². The molecule has 0 aliphatic rings. The summed E-state index contributed by atoms with van der Waals surface area (Å²) in [6.45, 7) is 4.47. The van der Waals surface area contributed by atoms with Crippen LogP contribution in [0.2, 0.25) is 0 Å². The van der Waals surface area contributed by atoms with Gasteiger partial charge in [0.05, 0.1) is 5.69 Å². The fraction of sp³-hybridized carbons (Fsp3) is 0.308. The molecule has 0 aliphatic heterocycles. The van der Waals surface area contributed by atoms with Crippen LogP contribution in [0.25, 0.3) is 0 Å². The minimum absolute atomic E-state index is 0.296. The Morgan fingerprint density at radius 3 is 2.82 bits per heavy atom. The summed E-state index contributed by atoms with van der Waals surface area (Å²) in [4.78, 5) is 0. The highest BCUT2D eigenvalue weighted by Gasteiger charge is 2.03. The van der Waals surface area contributed by atoms with Crippen molar-refractivity contribution in [2.24, 2.45) is 0 Å². The lowest BCUT2D eigenvalue weighted by atomic mass is 10.3. The summed E-state index contributed by atoms with van der Waals surface area (Å²) in [7, 11) is 0. The Bertz CT molecular complexity index is 494. The molecular formula is C13H15FN2O. The van der Waals surface area contributed by atoms with Crippen LogP contribution < -0.4 is 4.74 Å². The maximum atomic E-state index is 12.9. The Morgan fingerprint density at radius 2 is 2.18 bits per heavy atom. The first-order chi connectivity index (χ1) is 8.15. The zero-order chi connectivity index (χ0) is 12.3. The average molecular weight is 234 g/mol. The molecule has 0 amide bonds. The van der Waals surface area contributed by atoms with Gasteiger partial charge in [0, 0.05) is 18.3 Å². The maximum absolute atomic E-state index is 12.9. The third-order valence-electron chi connectivity index (χ3n) is 2.38. The molecule has 1 heterocycles. The monoisotopic (exact) mass is 234 g/mol. The number of rotatable bonds is 4. The summed E-state index contributed by atoms with van der Waals surface area (Å²) >= 11 is 0. The van der Waals surface area contributed by atoms with E-state index in [2.05, 4.69) is 18.9 Å². The molecule has 0 bridgehead atoms. The Balaban J connectivity index is 1.97. The van der Waals surface area contributed by atoms with Gasteiger partial charge in [-0.2, -0.15) is 5.10 Å². The lowest BCUT2D eigenvalue weighted by Crippen LogP contribution is -2.03. The van der Waals surface area contributed by atoms with Crippen molar-refractivity contribution in [2.75, 3.05) is 0 Å². The predicted molar refractivity (Wildman–Crippen MR) is 63.3 cm³/mol. The minimum Gasteiger partial charge on any atom is -0.487 e. The third-order valence-corrected chi connectivity index (χ3v) is 2.38. The molecular weight excluding hydrogens is 219 g/mol. The second-order valence-corrected chi connectivity index (χ2v) is 4.13. The van der Waals surface area contributed by atoms with Crippen LogP contribution in [0.4, 0.5) is 4.39 Å². The molecule has 17 heavy (non-hydrogen) atoms. The molecule has 1 aromatic heterocycles. The van der Waals surface area contributed by atoms with Crippen LogP contribution in [-0.2, 0) is 6.61 Å². The number of hydrogen-bond acceptors (Lipinski definition) is 2. The highest BCUT2D eigenvalue weighted by atomic mass is 19.1. The van der Waals surface area contributed by atoms with Gasteiger partial charge in [-0.3, -0.25) is 4.68 Å². The van der Waals surface area contributed by atoms with Crippen molar-refractivity contribution in [1.29, 1.82) is 0 Å². The molecule has 4 heteroatoms. The van der Waals surface area contributed by atoms with E-state index < -0.39 is 0 Å². The largest absolute Gasteiger partial charge is 0.487 e. The summed E-state index contributed by atoms with van der Waals surface area (Å²) in [5.41, 5.74) is 0.836. The second-order valence-electron chi connectivity index (χ2n) is 4.13. The first kappa shape index (κ1) is 11.6. The van der Waals surface area contributed by atoms with Crippen molar-refractivity contribution in [3.05, 3.63) is 48.0 Å². The van der Waals surface area contributed by atoms with Gasteiger partial charge in [-0.05, 0) is 32.0 Å². The van der Waals surface area contributed by atoms with Crippen LogP contribution in [0.5, 0.6) is 5.75 Å². The minimum atomic E-state index is -0.296. The molecule has 0 fully saturated rings. The summed E-state index contributed by atoms with van der Waals surface area (Å²) < 4.78 is 20.2. The van der Waals surface area contributed by atoms with E-state index in [4.69, 9.17) is 4.74 Å². The summed E-state index contributed by atoms with van der Waals surface area (Å²) in [6, 6.07) is 8.33. The topological polar surface area (TPSA) is 27.1 Å². The van der Waals surface area contributed by atoms with Gasteiger partial charge >= 0.3 is 0 Å². The number of benzene rings is 1. The third kappa shape index (κ3) is 3.06. The van der Waals surface area contributed by atoms with E-state index in [0.29, 0.717) is 18.4 Å². The summed E-state index contributed by atoms with van der Waals surface area (Å²) in [5.74, 6) is 0.222. The molecule has 0 radical (unpaired) electrons. The number of nitrogens with zero attached hydrogens (tertiary/aromatic N) is 2. The first-order valence-electron chi connectivity index (χ1n) is 5.57. The van der Waals surface area contributed by atoms with E-state index >= 15 is 0 Å². The van der Waals surface area contributed by atoms with Gasteiger partial charge in [-0.25, -0.2) is 4.39 Å². The van der Waals surface area contributed by atoms with Crippen LogP contribution in [0, 0.1) is 5.82 Å². The number of halogens is 1. The summed E-state index contributed by atoms with van der Waals surface area (Å²) in [5, 5.41) is 4.35. The quantitative estimate of drug-likeness (QED) is 0.812. The molecule has 3 nitrogen and oxygen atoms in total. The van der Waals surface area contributed by atoms with Gasteiger partial charge in [0.15, 0.2) is 0 Å². The smallest absolute Gasteiger partial charge is 0.132 e. The molecule has 2 rings (SSSR count). The highest BCUT2D eigenvalue weighted by Crippen LogP contribution is 2.14. The van der Waals surface area contributed by atoms with E-state index in [0.717, 1.165) is 5.69 Å². The molecule has 2 aromatic rings. The van der Waals surface area contributed by atoms with E-state index in [-0.39, 0.29) is 5.82 Å². The van der Waals surface area contributed by atoms with Crippen molar-refractivity contribution in [1.82, 2.24) is 9.78 Å². The van der Waals surface area contributed by atoms with Crippen molar-refractivity contribution in [2.45, 2.75) is 26.5 Å². The zero-order valence-corrected chi connectivity index (χ0v) is 9.93. The molecule has 0 N–H and O–H groups in total. The lowest BCUT2D eigenvalue weighted by Gasteiger charge is -2.05. The van der Waals surface area contributed by atoms with Crippen LogP contribution in [0.1, 0.15) is 25.6 Å². The van der Waals surface area contributed by atoms with E-state index in [1.54, 1.807) is 12.1 Å². The van der Waals surface area contributed by atoms with Gasteiger partial charge < -0.3 is 4.74 Å². The van der Waals surface area contributed by atoms with E-state index in [9.17, 15) is 4.39 Å². The number of aromatic nitrogens is 2. The van der Waals surface area contributed by atoms with Crippen LogP contribution in [0.15, 0.2) is 36.5 Å². The van der Waals surface area contributed by atoms with Gasteiger partial charge in [0.2, 0.25) is 0 Å². The van der Waals surface area contributed by atoms with E-state index in [1.165, 1.54) is 12.1 Å². The van der Waals surface area contributed by atoms with Crippen molar-refractivity contribution < 1.29 is 9.13 Å². The molecule has 1 aromatic carbocycles. The van der Waals surface area contributed by atoms with Crippen molar-refractivity contribution in [3.8, 4) is 5.75 Å². The Morgan fingerprint density at radius 1 is 1.35 bits per heavy atom. The second kappa shape index (κ2) is 4.99. The Hall–Kier alpha value is -1.84. The normalized spacial score (nSPS) is 10.8. The molecule has 0 saturated heterocycles. The van der Waals surface area contributed by atoms with Crippen molar-refractivity contribution >= 4 is 0 Å². The molecule has 0 aliphatic carbocycles. The molecule has 0 unspecified atom stereocenters. The highest BCUT2D eigenvalue weighted by molar-refractivity contribution is 5.22. The fourth-order valence-electron chi connectivity index (χ4n) is 1.46. The predicted octanol–water partition coefficient (Wildman–Crippen LogP) is 3.18. The molecule has 0 spiro atoms. The average Bonchev–Trinajstić information content (AvgIpc) is 2.75. The Labute approximate surface area is 99.8 Å². The zero-order valence-electron chi connectivity index (χ0n) is 9.93. The standard InChI is InChI=1S/C13H15FN2O/c1-10(2)16-7-6-12(15-16)9-17-13-5-3-4-11(14)8-13/h3-8,10H,9H2,1-2H3. The summed E-state index contributed by atoms with van der Waals surface area (Å²) in [6.07, 6.45) is 1.91. The fourth-order valence-corrected chi connectivity index (χ4v) is 1.46. The van der Waals surface area contributed by atoms with Crippen LogP contribution >= 0.6 is 0 Å². The van der Waals surface area contributed by atoms with Gasteiger partial charge in [0.1, 0.15) is 18.2 Å². The van der Waals surface area contributed by atoms with Gasteiger partial charge in [-0.1, -0.05) is 6.07 Å². The number of ether oxygens (including phenoxy) is 1. The van der Waals surface area contributed by atoms with Crippen LogP contribution in [0.3, 0.4) is 0 Å². The first-order valence-corrected chi connectivity index (χ1v) is 5.57. The molecule has 0 saturated carbocycles. The lowest BCUT2D eigenvalue weighted by molar-refractivity contribution is 0.297. The van der Waals surface area contributed by atoms with Gasteiger partial charge in [-0.15, -0.1) is 0 Å². The van der Waals surface area contributed by atoms with E-state index in [1.807, 2.05) is 16.9 Å². The van der Waals surface area contributed by atoms with Gasteiger partial charge in [0.25, 0.3) is 0 Å². The Kier molecular flexibility index (Phi) is 3.42. The SMILES string of the molecule is CC(C)n1ccc(COc2cccc(F)c2)n1. The number of hydrogen-bond donors (Lipinski definition) is 0. The molecule has 90 valence electrons. The van der Waals surface area contributed by atoms with Crippen molar-refractivity contribution in [3.63, 3.8) is 0 Å². The molecule has 0 atom stereocenters.